The van der Waals surface area contributed by atoms with Crippen molar-refractivity contribution in [3.8, 4) is 0 Å². The molecule has 1 N–H and O–H groups in total. The summed E-state index contributed by atoms with van der Waals surface area (Å²) in [5.74, 6) is -0.672. The molecule has 1 fully saturated rings. The predicted molar refractivity (Wildman–Crippen MR) is 57.0 cm³/mol. The Balaban J connectivity index is 2.21. The Morgan fingerprint density at radius 2 is 2.33 bits per heavy atom. The molecule has 1 aliphatic heterocycles. The molecular weight excluding hydrogens is 238 g/mol. The molecule has 1 saturated heterocycles. The third-order valence-corrected chi connectivity index (χ3v) is 3.32. The lowest BCUT2D eigenvalue weighted by Crippen LogP contribution is -2.23. The summed E-state index contributed by atoms with van der Waals surface area (Å²) in [7, 11) is 0. The maximum absolute atomic E-state index is 9.18. The van der Waals surface area contributed by atoms with Crippen LogP contribution in [0.25, 0.3) is 0 Å². The van der Waals surface area contributed by atoms with E-state index in [1.807, 2.05) is 13.8 Å². The highest BCUT2D eigenvalue weighted by Crippen LogP contribution is 2.40. The van der Waals surface area contributed by atoms with Gasteiger partial charge in [0.15, 0.2) is 10.3 Å². The van der Waals surface area contributed by atoms with Crippen LogP contribution in [0.4, 0.5) is 0 Å². The molecule has 1 aromatic rings. The number of halogens is 1. The first-order valence-corrected chi connectivity index (χ1v) is 5.79. The average Bonchev–Trinajstić information content (AvgIpc) is 2.69. The molecule has 0 aromatic carbocycles. The largest absolute Gasteiger partial charge is 0.394 e. The first kappa shape index (κ1) is 11.3. The van der Waals surface area contributed by atoms with Gasteiger partial charge in [0.2, 0.25) is 0 Å². The fourth-order valence-electron chi connectivity index (χ4n) is 1.61. The number of thiazole rings is 1. The van der Waals surface area contributed by atoms with Crippen molar-refractivity contribution < 1.29 is 14.6 Å². The number of aliphatic hydroxyl groups excluding tert-OH is 1. The van der Waals surface area contributed by atoms with Crippen LogP contribution in [0.15, 0.2) is 6.20 Å². The molecule has 1 aliphatic rings. The molecule has 2 heterocycles. The lowest BCUT2D eigenvalue weighted by molar-refractivity contribution is -0.149. The zero-order chi connectivity index (χ0) is 11.1. The van der Waals surface area contributed by atoms with Crippen LogP contribution < -0.4 is 0 Å². The molecule has 2 unspecified atom stereocenters. The molecule has 84 valence electrons. The summed E-state index contributed by atoms with van der Waals surface area (Å²) in [6.07, 6.45) is 1.02. The fraction of sp³-hybridized carbons (Fsp3) is 0.667. The third-order valence-electron chi connectivity index (χ3n) is 2.14. The fourth-order valence-corrected chi connectivity index (χ4v) is 2.64. The quantitative estimate of drug-likeness (QED) is 0.871. The number of hydrogen-bond acceptors (Lipinski definition) is 5. The second-order valence-corrected chi connectivity index (χ2v) is 5.44. The zero-order valence-electron chi connectivity index (χ0n) is 8.44. The first-order chi connectivity index (χ1) is 7.02. The molecule has 0 radical (unpaired) electrons. The van der Waals surface area contributed by atoms with Crippen molar-refractivity contribution >= 4 is 22.9 Å². The Labute approximate surface area is 96.8 Å². The van der Waals surface area contributed by atoms with Gasteiger partial charge in [-0.3, -0.25) is 0 Å². The standard InChI is InChI=1S/C9H12ClNO3S/c1-9(2)13-5(4-12)7(14-9)6-3-11-8(10)15-6/h3,5,7,12H,4H2,1-2H3. The van der Waals surface area contributed by atoms with Crippen LogP contribution in [0.2, 0.25) is 4.47 Å². The predicted octanol–water partition coefficient (Wildman–Crippen LogP) is 1.98. The summed E-state index contributed by atoms with van der Waals surface area (Å²) in [6, 6.07) is 0. The minimum atomic E-state index is -0.672. The van der Waals surface area contributed by atoms with Crippen LogP contribution in [-0.2, 0) is 9.47 Å². The van der Waals surface area contributed by atoms with Crippen LogP contribution in [0.5, 0.6) is 0 Å². The van der Waals surface area contributed by atoms with E-state index in [1.165, 1.54) is 11.3 Å². The summed E-state index contributed by atoms with van der Waals surface area (Å²) in [5.41, 5.74) is 0. The molecule has 4 nitrogen and oxygen atoms in total. The van der Waals surface area contributed by atoms with Gasteiger partial charge in [-0.1, -0.05) is 11.6 Å². The van der Waals surface area contributed by atoms with E-state index in [0.717, 1.165) is 4.88 Å². The van der Waals surface area contributed by atoms with Gasteiger partial charge in [-0.05, 0) is 13.8 Å². The smallest absolute Gasteiger partial charge is 0.183 e. The van der Waals surface area contributed by atoms with Gasteiger partial charge in [0.25, 0.3) is 0 Å². The summed E-state index contributed by atoms with van der Waals surface area (Å²) in [5, 5.41) is 9.18. The average molecular weight is 250 g/mol. The lowest BCUT2D eigenvalue weighted by atomic mass is 10.2. The maximum atomic E-state index is 9.18. The van der Waals surface area contributed by atoms with Crippen molar-refractivity contribution in [3.05, 3.63) is 15.5 Å². The van der Waals surface area contributed by atoms with E-state index in [2.05, 4.69) is 4.98 Å². The van der Waals surface area contributed by atoms with E-state index in [-0.39, 0.29) is 18.8 Å². The van der Waals surface area contributed by atoms with E-state index in [1.54, 1.807) is 6.20 Å². The van der Waals surface area contributed by atoms with Crippen LogP contribution in [-0.4, -0.2) is 28.6 Å². The van der Waals surface area contributed by atoms with E-state index in [4.69, 9.17) is 21.1 Å². The van der Waals surface area contributed by atoms with E-state index in [9.17, 15) is 5.11 Å². The molecule has 15 heavy (non-hydrogen) atoms. The Morgan fingerprint density at radius 1 is 1.60 bits per heavy atom. The Morgan fingerprint density at radius 3 is 2.87 bits per heavy atom. The lowest BCUT2D eigenvalue weighted by Gasteiger charge is -2.16. The van der Waals surface area contributed by atoms with Crippen molar-refractivity contribution in [2.75, 3.05) is 6.61 Å². The molecule has 0 aliphatic carbocycles. The summed E-state index contributed by atoms with van der Waals surface area (Å²) < 4.78 is 11.7. The summed E-state index contributed by atoms with van der Waals surface area (Å²) in [6.45, 7) is 3.56. The summed E-state index contributed by atoms with van der Waals surface area (Å²) >= 11 is 7.09. The first-order valence-electron chi connectivity index (χ1n) is 4.59. The van der Waals surface area contributed by atoms with Gasteiger partial charge in [-0.2, -0.15) is 0 Å². The van der Waals surface area contributed by atoms with E-state index in [0.29, 0.717) is 4.47 Å². The minimum absolute atomic E-state index is 0.0797. The zero-order valence-corrected chi connectivity index (χ0v) is 10.0. The molecule has 6 heteroatoms. The number of hydrogen-bond donors (Lipinski definition) is 1. The van der Waals surface area contributed by atoms with Crippen LogP contribution >= 0.6 is 22.9 Å². The Kier molecular flexibility index (Phi) is 3.00. The van der Waals surface area contributed by atoms with Crippen LogP contribution in [0, 0.1) is 0 Å². The van der Waals surface area contributed by atoms with E-state index >= 15 is 0 Å². The van der Waals surface area contributed by atoms with Gasteiger partial charge in [0.05, 0.1) is 11.5 Å². The SMILES string of the molecule is CC1(C)OC(CO)C(c2cnc(Cl)s2)O1. The van der Waals surface area contributed by atoms with Crippen molar-refractivity contribution in [1.82, 2.24) is 4.98 Å². The van der Waals surface area contributed by atoms with Crippen molar-refractivity contribution in [2.45, 2.75) is 31.8 Å². The molecular formula is C9H12ClNO3S. The molecule has 0 saturated carbocycles. The second-order valence-electron chi connectivity index (χ2n) is 3.79. The van der Waals surface area contributed by atoms with Crippen LogP contribution in [0.1, 0.15) is 24.8 Å². The number of rotatable bonds is 2. The highest BCUT2D eigenvalue weighted by molar-refractivity contribution is 7.15. The Bertz CT molecular complexity index is 355. The number of ether oxygens (including phenoxy) is 2. The minimum Gasteiger partial charge on any atom is -0.394 e. The molecule has 1 aromatic heterocycles. The molecule has 2 rings (SSSR count). The monoisotopic (exact) mass is 249 g/mol. The second kappa shape index (κ2) is 3.99. The van der Waals surface area contributed by atoms with Gasteiger partial charge in [-0.25, -0.2) is 4.98 Å². The van der Waals surface area contributed by atoms with Gasteiger partial charge in [0, 0.05) is 6.20 Å². The van der Waals surface area contributed by atoms with Crippen molar-refractivity contribution in [3.63, 3.8) is 0 Å². The third kappa shape index (κ3) is 2.32. The van der Waals surface area contributed by atoms with Gasteiger partial charge >= 0.3 is 0 Å². The molecule has 0 bridgehead atoms. The molecule has 0 spiro atoms. The topological polar surface area (TPSA) is 51.6 Å². The molecule has 2 atom stereocenters. The highest BCUT2D eigenvalue weighted by atomic mass is 35.5. The van der Waals surface area contributed by atoms with Gasteiger partial charge < -0.3 is 14.6 Å². The number of aromatic nitrogens is 1. The highest BCUT2D eigenvalue weighted by Gasteiger charge is 2.42. The normalized spacial score (nSPS) is 29.6. The van der Waals surface area contributed by atoms with Gasteiger partial charge in [0.1, 0.15) is 12.2 Å². The number of nitrogens with zero attached hydrogens (tertiary/aromatic N) is 1. The molecule has 0 amide bonds. The summed E-state index contributed by atoms with van der Waals surface area (Å²) in [4.78, 5) is 4.82. The Hall–Kier alpha value is -0.200. The van der Waals surface area contributed by atoms with Crippen molar-refractivity contribution in [1.29, 1.82) is 0 Å². The maximum Gasteiger partial charge on any atom is 0.183 e. The number of aliphatic hydroxyl groups is 1. The van der Waals surface area contributed by atoms with Crippen LogP contribution in [0.3, 0.4) is 0 Å². The van der Waals surface area contributed by atoms with E-state index < -0.39 is 5.79 Å². The van der Waals surface area contributed by atoms with Crippen molar-refractivity contribution in [2.24, 2.45) is 0 Å². The van der Waals surface area contributed by atoms with Gasteiger partial charge in [-0.15, -0.1) is 11.3 Å².